The molecule has 1 N–H and O–H groups in total. The van der Waals surface area contributed by atoms with Crippen LogP contribution in [0.1, 0.15) is 38.2 Å². The van der Waals surface area contributed by atoms with Gasteiger partial charge in [-0.1, -0.05) is 12.1 Å². The molecule has 3 rings (SSSR count). The maximum absolute atomic E-state index is 12.3. The zero-order valence-electron chi connectivity index (χ0n) is 12.9. The highest BCUT2D eigenvalue weighted by Crippen LogP contribution is 2.34. The van der Waals surface area contributed by atoms with Crippen molar-refractivity contribution in [1.82, 2.24) is 4.90 Å². The average molecular weight is 312 g/mol. The van der Waals surface area contributed by atoms with E-state index in [2.05, 4.69) is 17.1 Å². The Bertz CT molecular complexity index is 511. The topological polar surface area (TPSA) is 15.3 Å². The third kappa shape index (κ3) is 4.15. The molecule has 1 heterocycles. The number of benzene rings is 1. The second-order valence-corrected chi connectivity index (χ2v) is 6.67. The normalized spacial score (nSPS) is 26.4. The van der Waals surface area contributed by atoms with Gasteiger partial charge in [0.25, 0.3) is 0 Å². The summed E-state index contributed by atoms with van der Waals surface area (Å²) < 4.78 is 36.9. The van der Waals surface area contributed by atoms with Crippen LogP contribution >= 0.6 is 0 Å². The van der Waals surface area contributed by atoms with Gasteiger partial charge in [0.2, 0.25) is 0 Å². The number of nitrogens with zero attached hydrogens (tertiary/aromatic N) is 1. The largest absolute Gasteiger partial charge is 0.389 e. The van der Waals surface area contributed by atoms with E-state index in [0.717, 1.165) is 30.3 Å². The molecule has 0 unspecified atom stereocenters. The fraction of sp³-hybridized carbons (Fsp3) is 0.647. The number of likely N-dealkylation sites (tertiary alicyclic amines) is 1. The number of halogens is 3. The van der Waals surface area contributed by atoms with Crippen LogP contribution < -0.4 is 5.32 Å². The summed E-state index contributed by atoms with van der Waals surface area (Å²) in [5, 5.41) is 3.50. The highest BCUT2D eigenvalue weighted by molar-refractivity contribution is 5.47. The van der Waals surface area contributed by atoms with Gasteiger partial charge in [0.1, 0.15) is 0 Å². The molecule has 1 aromatic carbocycles. The molecule has 2 nitrogen and oxygen atoms in total. The van der Waals surface area contributed by atoms with E-state index in [1.54, 1.807) is 6.07 Å². The third-order valence-corrected chi connectivity index (χ3v) is 4.63. The van der Waals surface area contributed by atoms with Gasteiger partial charge in [-0.25, -0.2) is 0 Å². The molecule has 0 aromatic heterocycles. The lowest BCUT2D eigenvalue weighted by Crippen LogP contribution is -2.31. The molecular weight excluding hydrogens is 289 g/mol. The summed E-state index contributed by atoms with van der Waals surface area (Å²) >= 11 is 0. The maximum Gasteiger partial charge on any atom is 0.389 e. The molecule has 0 bridgehead atoms. The monoisotopic (exact) mass is 312 g/mol. The Morgan fingerprint density at radius 3 is 2.73 bits per heavy atom. The second kappa shape index (κ2) is 6.11. The van der Waals surface area contributed by atoms with Gasteiger partial charge < -0.3 is 5.32 Å². The quantitative estimate of drug-likeness (QED) is 0.876. The smallest absolute Gasteiger partial charge is 0.381 e. The van der Waals surface area contributed by atoms with Crippen LogP contribution in [0.3, 0.4) is 0 Å². The predicted molar refractivity (Wildman–Crippen MR) is 82.0 cm³/mol. The first-order valence-electron chi connectivity index (χ1n) is 8.09. The second-order valence-electron chi connectivity index (χ2n) is 6.67. The van der Waals surface area contributed by atoms with Gasteiger partial charge in [-0.05, 0) is 50.3 Å². The van der Waals surface area contributed by atoms with Crippen molar-refractivity contribution in [2.45, 2.75) is 63.3 Å². The number of alkyl halides is 3. The van der Waals surface area contributed by atoms with Crippen molar-refractivity contribution in [3.05, 3.63) is 29.8 Å². The molecule has 22 heavy (non-hydrogen) atoms. The van der Waals surface area contributed by atoms with Gasteiger partial charge in [0, 0.05) is 36.8 Å². The first-order chi connectivity index (χ1) is 10.4. The molecule has 1 aliphatic heterocycles. The Morgan fingerprint density at radius 2 is 2.05 bits per heavy atom. The molecule has 0 spiro atoms. The summed E-state index contributed by atoms with van der Waals surface area (Å²) in [5.74, 6) is 0. The van der Waals surface area contributed by atoms with Crippen molar-refractivity contribution in [2.75, 3.05) is 11.9 Å². The van der Waals surface area contributed by atoms with Crippen LogP contribution in [-0.4, -0.2) is 35.7 Å². The Labute approximate surface area is 129 Å². The molecule has 1 saturated heterocycles. The molecule has 0 amide bonds. The zero-order valence-corrected chi connectivity index (χ0v) is 12.9. The van der Waals surface area contributed by atoms with Crippen molar-refractivity contribution in [1.29, 1.82) is 0 Å². The molecule has 0 radical (unpaired) electrons. The summed E-state index contributed by atoms with van der Waals surface area (Å²) in [6.45, 7) is 3.30. The number of nitrogens with one attached hydrogen (secondary N) is 1. The number of hydrogen-bond donors (Lipinski definition) is 1. The van der Waals surface area contributed by atoms with E-state index in [0.29, 0.717) is 12.1 Å². The first kappa shape index (κ1) is 15.7. The Morgan fingerprint density at radius 1 is 1.27 bits per heavy atom. The van der Waals surface area contributed by atoms with Crippen molar-refractivity contribution >= 4 is 5.69 Å². The Kier molecular flexibility index (Phi) is 4.35. The molecule has 1 saturated carbocycles. The van der Waals surface area contributed by atoms with Crippen molar-refractivity contribution in [2.24, 2.45) is 0 Å². The van der Waals surface area contributed by atoms with Crippen LogP contribution in [0.15, 0.2) is 24.3 Å². The Hall–Kier alpha value is -1.23. The highest BCUT2D eigenvalue weighted by Gasteiger charge is 2.38. The molecular formula is C17H23F3N2. The SMILES string of the molecule is C[C@H]1C[C@H](Nc2cccc(CCC(F)(F)F)c2)CN1C1CC1. The first-order valence-corrected chi connectivity index (χ1v) is 8.09. The fourth-order valence-corrected chi connectivity index (χ4v) is 3.41. The van der Waals surface area contributed by atoms with Crippen molar-refractivity contribution in [3.63, 3.8) is 0 Å². The number of hydrogen-bond acceptors (Lipinski definition) is 2. The summed E-state index contributed by atoms with van der Waals surface area (Å²) in [7, 11) is 0. The minimum absolute atomic E-state index is 0.0499. The van der Waals surface area contributed by atoms with Crippen LogP contribution in [0.25, 0.3) is 0 Å². The van der Waals surface area contributed by atoms with Gasteiger partial charge in [0.05, 0.1) is 0 Å². The summed E-state index contributed by atoms with van der Waals surface area (Å²) in [6.07, 6.45) is -1.08. The Balaban J connectivity index is 1.56. The molecule has 1 aromatic rings. The lowest BCUT2D eigenvalue weighted by Gasteiger charge is -2.20. The number of rotatable bonds is 5. The maximum atomic E-state index is 12.3. The van der Waals surface area contributed by atoms with Crippen LogP contribution in [0.2, 0.25) is 0 Å². The van der Waals surface area contributed by atoms with Gasteiger partial charge in [0.15, 0.2) is 0 Å². The fourth-order valence-electron chi connectivity index (χ4n) is 3.41. The summed E-state index contributed by atoms with van der Waals surface area (Å²) in [6, 6.07) is 9.17. The minimum Gasteiger partial charge on any atom is -0.381 e. The van der Waals surface area contributed by atoms with E-state index in [1.807, 2.05) is 18.2 Å². The van der Waals surface area contributed by atoms with Crippen molar-refractivity contribution in [3.8, 4) is 0 Å². The number of anilines is 1. The molecule has 2 atom stereocenters. The van der Waals surface area contributed by atoms with Gasteiger partial charge in [-0.15, -0.1) is 0 Å². The van der Waals surface area contributed by atoms with Crippen LogP contribution in [-0.2, 0) is 6.42 Å². The summed E-state index contributed by atoms with van der Waals surface area (Å²) in [4.78, 5) is 2.56. The highest BCUT2D eigenvalue weighted by atomic mass is 19.4. The van der Waals surface area contributed by atoms with Crippen LogP contribution in [0.5, 0.6) is 0 Å². The van der Waals surface area contributed by atoms with E-state index < -0.39 is 12.6 Å². The molecule has 122 valence electrons. The van der Waals surface area contributed by atoms with E-state index in [9.17, 15) is 13.2 Å². The minimum atomic E-state index is -4.09. The lowest BCUT2D eigenvalue weighted by atomic mass is 10.1. The van der Waals surface area contributed by atoms with E-state index >= 15 is 0 Å². The third-order valence-electron chi connectivity index (χ3n) is 4.63. The molecule has 2 aliphatic rings. The van der Waals surface area contributed by atoms with Gasteiger partial charge in [-0.2, -0.15) is 13.2 Å². The number of aryl methyl sites for hydroxylation is 1. The standard InChI is InChI=1S/C17H23F3N2/c1-12-9-15(11-22(12)16-5-6-16)21-14-4-2-3-13(10-14)7-8-17(18,19)20/h2-4,10,12,15-16,21H,5-9,11H2,1H3/t12-,15-/m0/s1. The van der Waals surface area contributed by atoms with Crippen LogP contribution in [0, 0.1) is 0 Å². The lowest BCUT2D eigenvalue weighted by molar-refractivity contribution is -0.133. The van der Waals surface area contributed by atoms with Crippen molar-refractivity contribution < 1.29 is 13.2 Å². The van der Waals surface area contributed by atoms with Crippen LogP contribution in [0.4, 0.5) is 18.9 Å². The zero-order chi connectivity index (χ0) is 15.7. The summed E-state index contributed by atoms with van der Waals surface area (Å²) in [5.41, 5.74) is 1.68. The van der Waals surface area contributed by atoms with E-state index in [1.165, 1.54) is 12.8 Å². The van der Waals surface area contributed by atoms with Gasteiger partial charge in [-0.3, -0.25) is 4.90 Å². The average Bonchev–Trinajstić information content (AvgIpc) is 3.21. The van der Waals surface area contributed by atoms with Gasteiger partial charge >= 0.3 is 6.18 Å². The van der Waals surface area contributed by atoms with E-state index in [4.69, 9.17) is 0 Å². The molecule has 5 heteroatoms. The molecule has 1 aliphatic carbocycles. The predicted octanol–water partition coefficient (Wildman–Crippen LogP) is 4.22. The van der Waals surface area contributed by atoms with E-state index in [-0.39, 0.29) is 6.42 Å². The molecule has 2 fully saturated rings.